The number of rotatable bonds is 11. The average molecular weight is 615 g/mol. The molecule has 0 unspecified atom stereocenters. The summed E-state index contributed by atoms with van der Waals surface area (Å²) in [5.41, 5.74) is 1.44. The fourth-order valence-electron chi connectivity index (χ4n) is 3.84. The first-order valence-corrected chi connectivity index (χ1v) is 14.0. The highest BCUT2D eigenvalue weighted by atomic mass is 35.5. The number of hydrogen-bond acceptors (Lipinski definition) is 8. The minimum Gasteiger partial charge on any atom is -0.494 e. The van der Waals surface area contributed by atoms with E-state index in [1.54, 1.807) is 47.0 Å². The lowest BCUT2D eigenvalue weighted by Crippen LogP contribution is -2.25. The van der Waals surface area contributed by atoms with Crippen LogP contribution in [0.15, 0.2) is 65.8 Å². The van der Waals surface area contributed by atoms with Crippen molar-refractivity contribution in [2.24, 2.45) is 0 Å². The lowest BCUT2D eigenvalue weighted by atomic mass is 10.1. The molecule has 4 rings (SSSR count). The molecule has 2 N–H and O–H groups in total. The van der Waals surface area contributed by atoms with Crippen LogP contribution in [-0.4, -0.2) is 43.9 Å². The molecule has 0 radical (unpaired) electrons. The van der Waals surface area contributed by atoms with E-state index in [1.165, 1.54) is 25.1 Å². The highest BCUT2D eigenvalue weighted by molar-refractivity contribution is 7.99. The van der Waals surface area contributed by atoms with Crippen LogP contribution in [0.3, 0.4) is 0 Å². The summed E-state index contributed by atoms with van der Waals surface area (Å²) < 4.78 is 7.07. The molecular weight excluding hydrogens is 591 g/mol. The Balaban J connectivity index is 1.52. The highest BCUT2D eigenvalue weighted by Crippen LogP contribution is 2.29. The fourth-order valence-corrected chi connectivity index (χ4v) is 4.91. The zero-order valence-corrected chi connectivity index (χ0v) is 24.2. The number of nitro benzene ring substituents is 1. The van der Waals surface area contributed by atoms with E-state index >= 15 is 0 Å². The molecule has 14 heteroatoms. The topological polar surface area (TPSA) is 141 Å². The number of aromatic nitrogens is 3. The van der Waals surface area contributed by atoms with Gasteiger partial charge in [-0.3, -0.25) is 24.3 Å². The zero-order chi connectivity index (χ0) is 29.5. The predicted octanol–water partition coefficient (Wildman–Crippen LogP) is 5.85. The molecule has 1 heterocycles. The third kappa shape index (κ3) is 7.34. The minimum atomic E-state index is -0.539. The first-order chi connectivity index (χ1) is 19.7. The molecule has 0 aliphatic heterocycles. The maximum atomic E-state index is 12.9. The number of hydrogen-bond donors (Lipinski definition) is 2. The van der Waals surface area contributed by atoms with Crippen LogP contribution in [0.5, 0.6) is 5.75 Å². The van der Waals surface area contributed by atoms with Crippen molar-refractivity contribution in [2.75, 3.05) is 17.7 Å². The van der Waals surface area contributed by atoms with Crippen molar-refractivity contribution in [3.05, 3.63) is 97.8 Å². The fraction of sp³-hybridized carbons (Fsp3) is 0.185. The van der Waals surface area contributed by atoms with Crippen LogP contribution >= 0.6 is 35.0 Å². The monoisotopic (exact) mass is 614 g/mol. The summed E-state index contributed by atoms with van der Waals surface area (Å²) in [4.78, 5) is 36.3. The lowest BCUT2D eigenvalue weighted by molar-refractivity contribution is -0.385. The Morgan fingerprint density at radius 1 is 1.07 bits per heavy atom. The Labute approximate surface area is 249 Å². The van der Waals surface area contributed by atoms with Crippen LogP contribution in [0, 0.1) is 17.0 Å². The summed E-state index contributed by atoms with van der Waals surface area (Å²) in [5.74, 6) is 0.285. The van der Waals surface area contributed by atoms with Gasteiger partial charge in [-0.25, -0.2) is 0 Å². The molecular formula is C27H24Cl2N6O5S. The van der Waals surface area contributed by atoms with Crippen molar-refractivity contribution in [1.82, 2.24) is 20.1 Å². The second-order valence-corrected chi connectivity index (χ2v) is 10.3. The first-order valence-electron chi connectivity index (χ1n) is 12.2. The number of nitrogens with one attached hydrogen (secondary N) is 2. The van der Waals surface area contributed by atoms with E-state index in [1.807, 2.05) is 6.92 Å². The third-order valence-electron chi connectivity index (χ3n) is 5.80. The maximum Gasteiger partial charge on any atom is 0.273 e. The van der Waals surface area contributed by atoms with Crippen molar-refractivity contribution in [3.8, 4) is 11.4 Å². The van der Waals surface area contributed by atoms with Crippen LogP contribution < -0.4 is 15.4 Å². The van der Waals surface area contributed by atoms with Gasteiger partial charge in [0.15, 0.2) is 11.0 Å². The molecule has 0 fully saturated rings. The smallest absolute Gasteiger partial charge is 0.273 e. The third-order valence-corrected chi connectivity index (χ3v) is 7.46. The van der Waals surface area contributed by atoms with Gasteiger partial charge >= 0.3 is 0 Å². The molecule has 0 atom stereocenters. The lowest BCUT2D eigenvalue weighted by Gasteiger charge is -2.12. The highest BCUT2D eigenvalue weighted by Gasteiger charge is 2.21. The summed E-state index contributed by atoms with van der Waals surface area (Å²) in [7, 11) is 0. The van der Waals surface area contributed by atoms with Gasteiger partial charge in [0.2, 0.25) is 5.91 Å². The van der Waals surface area contributed by atoms with E-state index in [-0.39, 0.29) is 35.0 Å². The predicted molar refractivity (Wildman–Crippen MR) is 157 cm³/mol. The van der Waals surface area contributed by atoms with Gasteiger partial charge in [0.05, 0.1) is 39.6 Å². The molecule has 1 aromatic heterocycles. The number of halogens is 2. The van der Waals surface area contributed by atoms with E-state index < -0.39 is 10.8 Å². The van der Waals surface area contributed by atoms with Gasteiger partial charge in [0.1, 0.15) is 5.75 Å². The molecule has 0 saturated carbocycles. The van der Waals surface area contributed by atoms with Crippen molar-refractivity contribution < 1.29 is 19.2 Å². The SMILES string of the molecule is CCOc1ccc(NC(=O)CSc2nnc(CNC(=O)c3cccc([N+](=O)[O-])c3C)n2-c2ccc(Cl)c(Cl)c2)cc1. The van der Waals surface area contributed by atoms with Crippen molar-refractivity contribution in [2.45, 2.75) is 25.5 Å². The van der Waals surface area contributed by atoms with Crippen LogP contribution in [0.25, 0.3) is 5.69 Å². The van der Waals surface area contributed by atoms with E-state index in [0.29, 0.717) is 44.8 Å². The molecule has 0 aliphatic carbocycles. The number of amides is 2. The molecule has 11 nitrogen and oxygen atoms in total. The summed E-state index contributed by atoms with van der Waals surface area (Å²) >= 11 is 13.5. The summed E-state index contributed by atoms with van der Waals surface area (Å²) in [6.07, 6.45) is 0. The molecule has 0 aliphatic rings. The summed E-state index contributed by atoms with van der Waals surface area (Å²) in [6.45, 7) is 3.88. The zero-order valence-electron chi connectivity index (χ0n) is 21.9. The van der Waals surface area contributed by atoms with E-state index in [0.717, 1.165) is 11.8 Å². The van der Waals surface area contributed by atoms with Gasteiger partial charge in [-0.05, 0) is 62.4 Å². The van der Waals surface area contributed by atoms with Crippen LogP contribution in [-0.2, 0) is 11.3 Å². The number of nitro groups is 1. The maximum absolute atomic E-state index is 12.9. The molecule has 0 spiro atoms. The van der Waals surface area contributed by atoms with Crippen LogP contribution in [0.2, 0.25) is 10.0 Å². The summed E-state index contributed by atoms with van der Waals surface area (Å²) in [6, 6.07) is 16.3. The number of carbonyl (C=O) groups is 2. The largest absolute Gasteiger partial charge is 0.494 e. The second kappa shape index (κ2) is 13.5. The quantitative estimate of drug-likeness (QED) is 0.122. The first kappa shape index (κ1) is 29.8. The Hall–Kier alpha value is -4.13. The molecule has 0 bridgehead atoms. The molecule has 212 valence electrons. The molecule has 41 heavy (non-hydrogen) atoms. The Morgan fingerprint density at radius 3 is 2.51 bits per heavy atom. The standard InChI is InChI=1S/C27H24Cl2N6O5S/c1-3-40-19-10-7-17(8-11-19)31-25(36)15-41-27-33-32-24(34(27)18-9-12-21(28)22(29)13-18)14-30-26(37)20-5-4-6-23(16(20)2)35(38)39/h4-13H,3,14-15H2,1-2H3,(H,30,37)(H,31,36). The van der Waals surface area contributed by atoms with Crippen molar-refractivity contribution in [1.29, 1.82) is 0 Å². The minimum absolute atomic E-state index is 0.0197. The number of anilines is 1. The second-order valence-electron chi connectivity index (χ2n) is 8.52. The average Bonchev–Trinajstić information content (AvgIpc) is 3.36. The van der Waals surface area contributed by atoms with E-state index in [9.17, 15) is 19.7 Å². The van der Waals surface area contributed by atoms with Gasteiger partial charge in [0.25, 0.3) is 11.6 Å². The number of thioether (sulfide) groups is 1. The number of benzene rings is 3. The normalized spacial score (nSPS) is 10.7. The molecule has 0 saturated heterocycles. The van der Waals surface area contributed by atoms with Gasteiger partial charge < -0.3 is 15.4 Å². The van der Waals surface area contributed by atoms with Gasteiger partial charge in [0, 0.05) is 22.9 Å². The van der Waals surface area contributed by atoms with Gasteiger partial charge in [-0.2, -0.15) is 0 Å². The van der Waals surface area contributed by atoms with E-state index in [4.69, 9.17) is 27.9 Å². The van der Waals surface area contributed by atoms with Crippen molar-refractivity contribution in [3.63, 3.8) is 0 Å². The van der Waals surface area contributed by atoms with Crippen molar-refractivity contribution >= 4 is 58.2 Å². The Bertz CT molecular complexity index is 1600. The van der Waals surface area contributed by atoms with Crippen LogP contribution in [0.1, 0.15) is 28.7 Å². The van der Waals surface area contributed by atoms with Crippen LogP contribution in [0.4, 0.5) is 11.4 Å². The van der Waals surface area contributed by atoms with E-state index in [2.05, 4.69) is 20.8 Å². The number of ether oxygens (including phenoxy) is 1. The Morgan fingerprint density at radius 2 is 1.83 bits per heavy atom. The number of nitrogens with zero attached hydrogens (tertiary/aromatic N) is 4. The summed E-state index contributed by atoms with van der Waals surface area (Å²) in [5, 5.41) is 26.3. The molecule has 4 aromatic rings. The van der Waals surface area contributed by atoms with Gasteiger partial charge in [-0.15, -0.1) is 10.2 Å². The molecule has 2 amide bonds. The Kier molecular flexibility index (Phi) is 9.82. The van der Waals surface area contributed by atoms with Gasteiger partial charge in [-0.1, -0.05) is 41.0 Å². The number of carbonyl (C=O) groups excluding carboxylic acids is 2. The molecule has 3 aromatic carbocycles.